The molecule has 0 saturated carbocycles. The second-order valence-electron chi connectivity index (χ2n) is 5.79. The molecule has 4 nitrogen and oxygen atoms in total. The lowest BCUT2D eigenvalue weighted by molar-refractivity contribution is -0.141. The minimum absolute atomic E-state index is 0.101. The van der Waals surface area contributed by atoms with Crippen molar-refractivity contribution >= 4 is 29.2 Å². The largest absolute Gasteiger partial charge is 0.433 e. The standard InChI is InChI=1S/C16H15Cl2F3N4/c17-11-2-1-10(13(18)7-11)8-23-12-4-6-25(9-12)15-22-5-3-14(24-15)16(19,20)21/h1-3,5,7,12,23H,4,6,8-9H2. The number of hydrogen-bond acceptors (Lipinski definition) is 4. The second kappa shape index (κ2) is 7.35. The molecule has 1 N–H and O–H groups in total. The van der Waals surface area contributed by atoms with Gasteiger partial charge in [-0.1, -0.05) is 29.3 Å². The van der Waals surface area contributed by atoms with Crippen molar-refractivity contribution in [3.05, 3.63) is 51.8 Å². The normalized spacial score (nSPS) is 18.0. The zero-order valence-electron chi connectivity index (χ0n) is 13.0. The average molecular weight is 391 g/mol. The van der Waals surface area contributed by atoms with E-state index in [1.54, 1.807) is 17.0 Å². The lowest BCUT2D eigenvalue weighted by Crippen LogP contribution is -2.32. The van der Waals surface area contributed by atoms with Crippen molar-refractivity contribution in [1.29, 1.82) is 0 Å². The molecule has 3 rings (SSSR count). The van der Waals surface area contributed by atoms with Crippen molar-refractivity contribution in [2.45, 2.75) is 25.2 Å². The summed E-state index contributed by atoms with van der Waals surface area (Å²) in [5.41, 5.74) is -0.0123. The van der Waals surface area contributed by atoms with E-state index in [1.807, 2.05) is 6.07 Å². The topological polar surface area (TPSA) is 41.1 Å². The fraction of sp³-hybridized carbons (Fsp3) is 0.375. The third kappa shape index (κ3) is 4.54. The molecule has 1 aromatic heterocycles. The molecule has 1 unspecified atom stereocenters. The Morgan fingerprint density at radius 1 is 1.24 bits per heavy atom. The van der Waals surface area contributed by atoms with E-state index in [0.717, 1.165) is 24.2 Å². The van der Waals surface area contributed by atoms with Crippen molar-refractivity contribution in [3.8, 4) is 0 Å². The van der Waals surface area contributed by atoms with Crippen LogP contribution in [0.2, 0.25) is 10.0 Å². The van der Waals surface area contributed by atoms with Gasteiger partial charge in [0, 0.05) is 41.9 Å². The summed E-state index contributed by atoms with van der Waals surface area (Å²) < 4.78 is 38.3. The van der Waals surface area contributed by atoms with Crippen LogP contribution in [0.4, 0.5) is 19.1 Å². The molecule has 25 heavy (non-hydrogen) atoms. The molecule has 0 amide bonds. The molecule has 1 saturated heterocycles. The van der Waals surface area contributed by atoms with Crippen LogP contribution in [0.25, 0.3) is 0 Å². The van der Waals surface area contributed by atoms with Gasteiger partial charge in [-0.2, -0.15) is 13.2 Å². The average Bonchev–Trinajstić information content (AvgIpc) is 3.02. The molecule has 0 aliphatic carbocycles. The molecular weight excluding hydrogens is 376 g/mol. The van der Waals surface area contributed by atoms with Crippen LogP contribution in [-0.2, 0) is 12.7 Å². The quantitative estimate of drug-likeness (QED) is 0.850. The Kier molecular flexibility index (Phi) is 5.36. The molecule has 9 heteroatoms. The number of nitrogens with one attached hydrogen (secondary N) is 1. The zero-order chi connectivity index (χ0) is 18.0. The lowest BCUT2D eigenvalue weighted by Gasteiger charge is -2.18. The predicted molar refractivity (Wildman–Crippen MR) is 91.0 cm³/mol. The van der Waals surface area contributed by atoms with Crippen LogP contribution in [0.15, 0.2) is 30.5 Å². The Hall–Kier alpha value is -1.57. The van der Waals surface area contributed by atoms with Crippen LogP contribution < -0.4 is 10.2 Å². The Morgan fingerprint density at radius 3 is 2.76 bits per heavy atom. The van der Waals surface area contributed by atoms with E-state index in [0.29, 0.717) is 29.7 Å². The highest BCUT2D eigenvalue weighted by atomic mass is 35.5. The molecule has 2 aromatic rings. The monoisotopic (exact) mass is 390 g/mol. The fourth-order valence-corrected chi connectivity index (χ4v) is 3.16. The Morgan fingerprint density at radius 2 is 2.04 bits per heavy atom. The van der Waals surface area contributed by atoms with Gasteiger partial charge in [-0.25, -0.2) is 9.97 Å². The summed E-state index contributed by atoms with van der Waals surface area (Å²) in [5, 5.41) is 4.51. The molecule has 1 aromatic carbocycles. The minimum Gasteiger partial charge on any atom is -0.339 e. The van der Waals surface area contributed by atoms with Crippen molar-refractivity contribution in [2.24, 2.45) is 0 Å². The van der Waals surface area contributed by atoms with E-state index in [-0.39, 0.29) is 12.0 Å². The number of anilines is 1. The summed E-state index contributed by atoms with van der Waals surface area (Å²) in [6, 6.07) is 6.28. The summed E-state index contributed by atoms with van der Waals surface area (Å²) in [7, 11) is 0. The first-order chi connectivity index (χ1) is 11.8. The van der Waals surface area contributed by atoms with Crippen molar-refractivity contribution < 1.29 is 13.2 Å². The van der Waals surface area contributed by atoms with E-state index in [1.165, 1.54) is 0 Å². The van der Waals surface area contributed by atoms with Crippen LogP contribution in [0, 0.1) is 0 Å². The Labute approximate surface area is 153 Å². The number of hydrogen-bond donors (Lipinski definition) is 1. The van der Waals surface area contributed by atoms with Crippen LogP contribution in [0.3, 0.4) is 0 Å². The van der Waals surface area contributed by atoms with E-state index in [4.69, 9.17) is 23.2 Å². The number of halogens is 5. The Balaban J connectivity index is 1.60. The first kappa shape index (κ1) is 18.2. The molecule has 1 atom stereocenters. The molecule has 0 spiro atoms. The van der Waals surface area contributed by atoms with Gasteiger partial charge in [0.15, 0.2) is 0 Å². The summed E-state index contributed by atoms with van der Waals surface area (Å²) in [5.74, 6) is 0.101. The maximum atomic E-state index is 12.8. The first-order valence-electron chi connectivity index (χ1n) is 7.65. The molecule has 134 valence electrons. The SMILES string of the molecule is FC(F)(F)c1ccnc(N2CCC(NCc3ccc(Cl)cc3Cl)C2)n1. The van der Waals surface area contributed by atoms with Gasteiger partial charge in [0.05, 0.1) is 0 Å². The molecular formula is C16H15Cl2F3N4. The zero-order valence-corrected chi connectivity index (χ0v) is 14.5. The third-order valence-electron chi connectivity index (χ3n) is 4.00. The molecule has 0 bridgehead atoms. The van der Waals surface area contributed by atoms with E-state index >= 15 is 0 Å². The highest BCUT2D eigenvalue weighted by Crippen LogP contribution is 2.29. The molecule has 1 fully saturated rings. The molecule has 2 heterocycles. The van der Waals surface area contributed by atoms with Gasteiger partial charge in [0.25, 0.3) is 0 Å². The Bertz CT molecular complexity index is 754. The number of aromatic nitrogens is 2. The summed E-state index contributed by atoms with van der Waals surface area (Å²) >= 11 is 12.0. The van der Waals surface area contributed by atoms with Crippen molar-refractivity contribution in [2.75, 3.05) is 18.0 Å². The van der Waals surface area contributed by atoms with Gasteiger partial charge < -0.3 is 10.2 Å². The summed E-state index contributed by atoms with van der Waals surface area (Å²) in [4.78, 5) is 9.34. The van der Waals surface area contributed by atoms with Crippen molar-refractivity contribution in [1.82, 2.24) is 15.3 Å². The predicted octanol–water partition coefficient (Wildman–Crippen LogP) is 4.17. The van der Waals surface area contributed by atoms with Gasteiger partial charge >= 0.3 is 6.18 Å². The third-order valence-corrected chi connectivity index (χ3v) is 4.59. The number of nitrogens with zero attached hydrogens (tertiary/aromatic N) is 3. The van der Waals surface area contributed by atoms with Crippen LogP contribution in [-0.4, -0.2) is 29.1 Å². The van der Waals surface area contributed by atoms with Crippen LogP contribution in [0.5, 0.6) is 0 Å². The number of alkyl halides is 3. The highest BCUT2D eigenvalue weighted by molar-refractivity contribution is 6.35. The highest BCUT2D eigenvalue weighted by Gasteiger charge is 2.34. The van der Waals surface area contributed by atoms with Gasteiger partial charge in [-0.3, -0.25) is 0 Å². The second-order valence-corrected chi connectivity index (χ2v) is 6.63. The smallest absolute Gasteiger partial charge is 0.339 e. The fourth-order valence-electron chi connectivity index (χ4n) is 2.69. The van der Waals surface area contributed by atoms with Gasteiger partial charge in [0.1, 0.15) is 5.69 Å². The molecule has 0 radical (unpaired) electrons. The van der Waals surface area contributed by atoms with Gasteiger partial charge in [-0.15, -0.1) is 0 Å². The summed E-state index contributed by atoms with van der Waals surface area (Å²) in [6.45, 7) is 1.68. The van der Waals surface area contributed by atoms with E-state index < -0.39 is 11.9 Å². The van der Waals surface area contributed by atoms with Crippen molar-refractivity contribution in [3.63, 3.8) is 0 Å². The van der Waals surface area contributed by atoms with Crippen LogP contribution >= 0.6 is 23.2 Å². The summed E-state index contributed by atoms with van der Waals surface area (Å²) in [6.07, 6.45) is -2.55. The maximum absolute atomic E-state index is 12.8. The lowest BCUT2D eigenvalue weighted by atomic mass is 10.2. The molecule has 1 aliphatic heterocycles. The number of benzene rings is 1. The van der Waals surface area contributed by atoms with Crippen LogP contribution in [0.1, 0.15) is 17.7 Å². The number of rotatable bonds is 4. The van der Waals surface area contributed by atoms with Gasteiger partial charge in [-0.05, 0) is 30.2 Å². The van der Waals surface area contributed by atoms with E-state index in [2.05, 4.69) is 15.3 Å². The first-order valence-corrected chi connectivity index (χ1v) is 8.41. The maximum Gasteiger partial charge on any atom is 0.433 e. The minimum atomic E-state index is -4.47. The molecule has 1 aliphatic rings. The van der Waals surface area contributed by atoms with E-state index in [9.17, 15) is 13.2 Å². The van der Waals surface area contributed by atoms with Gasteiger partial charge in [0.2, 0.25) is 5.95 Å².